The number of hydrogen-bond acceptors (Lipinski definition) is 2. The standard InChI is InChI=1S/C43H33NS/c1-43(2)39-16-10-9-15-37(39)38-26-23-34(29-40(38)43)32-17-19-33(20-18-32)41-27-28-42(45-41)44(35-13-7-4-8-14-35)36-24-21-31(22-25-36)30-11-5-3-6-12-30/h3-29H,1-2H3/i3D,5D,6D,11D,12D. The SMILES string of the molecule is [2H]c1c([2H])c([2H])c(-c2ccc(N(c3ccccc3)c3ccc(-c4ccc(-c5ccc6c(c5)C(C)(C)c5ccccc5-6)cc4)s3)cc2)c([2H])c1[2H]. The van der Waals surface area contributed by atoms with E-state index >= 15 is 0 Å². The van der Waals surface area contributed by atoms with Gasteiger partial charge in [-0.2, -0.15) is 0 Å². The minimum absolute atomic E-state index is 0.0416. The van der Waals surface area contributed by atoms with Crippen LogP contribution in [0.5, 0.6) is 0 Å². The Labute approximate surface area is 276 Å². The van der Waals surface area contributed by atoms with Gasteiger partial charge >= 0.3 is 0 Å². The minimum atomic E-state index is -0.391. The molecule has 0 atom stereocenters. The topological polar surface area (TPSA) is 3.24 Å². The van der Waals surface area contributed by atoms with E-state index in [-0.39, 0.29) is 35.1 Å². The zero-order valence-electron chi connectivity index (χ0n) is 30.1. The monoisotopic (exact) mass is 600 g/mol. The summed E-state index contributed by atoms with van der Waals surface area (Å²) in [5.41, 5.74) is 11.6. The van der Waals surface area contributed by atoms with E-state index in [2.05, 4.69) is 110 Å². The Hall–Kier alpha value is -5.18. The van der Waals surface area contributed by atoms with Gasteiger partial charge in [0.2, 0.25) is 0 Å². The van der Waals surface area contributed by atoms with Crippen LogP contribution in [0.15, 0.2) is 164 Å². The van der Waals surface area contributed by atoms with E-state index in [0.717, 1.165) is 26.8 Å². The molecule has 0 fully saturated rings. The van der Waals surface area contributed by atoms with Crippen LogP contribution in [-0.4, -0.2) is 0 Å². The fourth-order valence-corrected chi connectivity index (χ4v) is 7.52. The summed E-state index contributed by atoms with van der Waals surface area (Å²) in [7, 11) is 0. The summed E-state index contributed by atoms with van der Waals surface area (Å²) in [4.78, 5) is 3.33. The molecule has 0 radical (unpaired) electrons. The van der Waals surface area contributed by atoms with Crippen molar-refractivity contribution in [1.29, 1.82) is 0 Å². The van der Waals surface area contributed by atoms with E-state index in [0.29, 0.717) is 5.56 Å². The highest BCUT2D eigenvalue weighted by Gasteiger charge is 2.35. The molecule has 0 saturated carbocycles. The van der Waals surface area contributed by atoms with Crippen molar-refractivity contribution < 1.29 is 6.85 Å². The Morgan fingerprint density at radius 3 is 1.89 bits per heavy atom. The second kappa shape index (κ2) is 11.1. The molecule has 1 nitrogen and oxygen atoms in total. The van der Waals surface area contributed by atoms with Crippen molar-refractivity contribution in [2.45, 2.75) is 19.3 Å². The van der Waals surface area contributed by atoms with Crippen LogP contribution >= 0.6 is 11.3 Å². The first-order valence-corrected chi connectivity index (χ1v) is 15.9. The lowest BCUT2D eigenvalue weighted by atomic mass is 9.81. The van der Waals surface area contributed by atoms with E-state index in [1.54, 1.807) is 11.3 Å². The highest BCUT2D eigenvalue weighted by Crippen LogP contribution is 2.49. The Balaban J connectivity index is 1.10. The minimum Gasteiger partial charge on any atom is -0.302 e. The zero-order valence-corrected chi connectivity index (χ0v) is 25.9. The number of thiophene rings is 1. The molecule has 8 rings (SSSR count). The van der Waals surface area contributed by atoms with E-state index < -0.39 is 6.04 Å². The van der Waals surface area contributed by atoms with Gasteiger partial charge < -0.3 is 4.90 Å². The summed E-state index contributed by atoms with van der Waals surface area (Å²) in [6.07, 6.45) is 0. The molecule has 1 aliphatic rings. The molecule has 6 aromatic carbocycles. The smallest absolute Gasteiger partial charge is 0.101 e. The molecule has 0 spiro atoms. The van der Waals surface area contributed by atoms with Crippen LogP contribution in [-0.2, 0) is 5.41 Å². The van der Waals surface area contributed by atoms with E-state index in [9.17, 15) is 0 Å². The maximum atomic E-state index is 8.42. The number of benzene rings is 6. The van der Waals surface area contributed by atoms with Gasteiger partial charge in [-0.25, -0.2) is 0 Å². The van der Waals surface area contributed by atoms with Gasteiger partial charge in [0.15, 0.2) is 0 Å². The van der Waals surface area contributed by atoms with Crippen LogP contribution in [0.2, 0.25) is 0 Å². The van der Waals surface area contributed by atoms with Crippen LogP contribution in [0.25, 0.3) is 43.8 Å². The third kappa shape index (κ3) is 4.88. The maximum absolute atomic E-state index is 8.42. The molecule has 7 aromatic rings. The first-order valence-electron chi connectivity index (χ1n) is 17.6. The summed E-state index contributed by atoms with van der Waals surface area (Å²) in [5.74, 6) is 0. The molecule has 0 bridgehead atoms. The highest BCUT2D eigenvalue weighted by atomic mass is 32.1. The molecule has 0 N–H and O–H groups in total. The van der Waals surface area contributed by atoms with Crippen LogP contribution in [0.4, 0.5) is 16.4 Å². The third-order valence-electron chi connectivity index (χ3n) is 8.83. The number of nitrogens with zero attached hydrogens (tertiary/aromatic N) is 1. The molecular formula is C43H33NS. The molecule has 0 aliphatic heterocycles. The van der Waals surface area contributed by atoms with Crippen molar-refractivity contribution in [3.63, 3.8) is 0 Å². The van der Waals surface area contributed by atoms with Crippen molar-refractivity contribution in [3.05, 3.63) is 175 Å². The van der Waals surface area contributed by atoms with Gasteiger partial charge in [-0.3, -0.25) is 0 Å². The second-order valence-electron chi connectivity index (χ2n) is 11.9. The van der Waals surface area contributed by atoms with Gasteiger partial charge in [-0.1, -0.05) is 135 Å². The van der Waals surface area contributed by atoms with E-state index in [1.807, 2.05) is 42.5 Å². The molecule has 0 unspecified atom stereocenters. The zero-order chi connectivity index (χ0) is 34.7. The fourth-order valence-electron chi connectivity index (χ4n) is 6.47. The number of hydrogen-bond donors (Lipinski definition) is 0. The number of anilines is 3. The van der Waals surface area contributed by atoms with Gasteiger partial charge in [0.25, 0.3) is 0 Å². The Morgan fingerprint density at radius 2 is 1.11 bits per heavy atom. The van der Waals surface area contributed by atoms with Crippen LogP contribution in [0, 0.1) is 0 Å². The molecule has 45 heavy (non-hydrogen) atoms. The van der Waals surface area contributed by atoms with Crippen molar-refractivity contribution in [1.82, 2.24) is 0 Å². The van der Waals surface area contributed by atoms with Gasteiger partial charge in [0.1, 0.15) is 5.00 Å². The van der Waals surface area contributed by atoms with Gasteiger partial charge in [-0.15, -0.1) is 11.3 Å². The summed E-state index contributed by atoms with van der Waals surface area (Å²) in [6.45, 7) is 4.62. The van der Waals surface area contributed by atoms with Gasteiger partial charge in [0.05, 0.1) is 6.85 Å². The molecular weight excluding hydrogens is 563 g/mol. The fraction of sp³-hybridized carbons (Fsp3) is 0.0698. The quantitative estimate of drug-likeness (QED) is 0.183. The number of rotatable bonds is 6. The summed E-state index contributed by atoms with van der Waals surface area (Å²) >= 11 is 1.70. The second-order valence-corrected chi connectivity index (χ2v) is 12.9. The van der Waals surface area contributed by atoms with E-state index in [1.165, 1.54) is 33.4 Å². The lowest BCUT2D eigenvalue weighted by Gasteiger charge is -2.23. The van der Waals surface area contributed by atoms with Crippen molar-refractivity contribution in [2.24, 2.45) is 0 Å². The number of para-hydroxylation sites is 1. The molecule has 1 heterocycles. The average molecular weight is 601 g/mol. The molecule has 0 amide bonds. The first kappa shape index (κ1) is 22.3. The average Bonchev–Trinajstić information content (AvgIpc) is 3.72. The van der Waals surface area contributed by atoms with Crippen molar-refractivity contribution >= 4 is 27.7 Å². The van der Waals surface area contributed by atoms with Crippen LogP contribution in [0.1, 0.15) is 31.8 Å². The maximum Gasteiger partial charge on any atom is 0.101 e. The summed E-state index contributed by atoms with van der Waals surface area (Å²) in [5, 5.41) is 1.03. The lowest BCUT2D eigenvalue weighted by molar-refractivity contribution is 0.660. The first-order chi connectivity index (χ1) is 24.1. The highest BCUT2D eigenvalue weighted by molar-refractivity contribution is 7.19. The largest absolute Gasteiger partial charge is 0.302 e. The predicted octanol–water partition coefficient (Wildman–Crippen LogP) is 12.5. The Bertz CT molecular complexity index is 2370. The summed E-state index contributed by atoms with van der Waals surface area (Å²) < 4.78 is 41.0. The molecule has 1 aliphatic carbocycles. The lowest BCUT2D eigenvalue weighted by Crippen LogP contribution is -2.14. The van der Waals surface area contributed by atoms with Crippen LogP contribution in [0.3, 0.4) is 0 Å². The number of fused-ring (bicyclic) bond motifs is 3. The van der Waals surface area contributed by atoms with Gasteiger partial charge in [0, 0.05) is 21.7 Å². The molecule has 1 aromatic heterocycles. The van der Waals surface area contributed by atoms with E-state index in [4.69, 9.17) is 6.85 Å². The Kier molecular flexibility index (Phi) is 5.50. The Morgan fingerprint density at radius 1 is 0.511 bits per heavy atom. The predicted molar refractivity (Wildman–Crippen MR) is 193 cm³/mol. The van der Waals surface area contributed by atoms with Crippen LogP contribution < -0.4 is 4.90 Å². The van der Waals surface area contributed by atoms with Crippen molar-refractivity contribution in [2.75, 3.05) is 4.90 Å². The molecule has 0 saturated heterocycles. The molecule has 2 heteroatoms. The van der Waals surface area contributed by atoms with Gasteiger partial charge in [-0.05, 0) is 92.5 Å². The molecule has 216 valence electrons. The normalized spacial score (nSPS) is 14.4. The summed E-state index contributed by atoms with van der Waals surface area (Å²) in [6, 6.07) is 44.9. The van der Waals surface area contributed by atoms with Crippen molar-refractivity contribution in [3.8, 4) is 43.8 Å². The third-order valence-corrected chi connectivity index (χ3v) is 9.95.